The summed E-state index contributed by atoms with van der Waals surface area (Å²) in [5.41, 5.74) is 2.29. The van der Waals surface area contributed by atoms with E-state index in [1.165, 1.54) is 11.8 Å². The third-order valence-corrected chi connectivity index (χ3v) is 5.75. The van der Waals surface area contributed by atoms with E-state index in [1.54, 1.807) is 35.4 Å². The van der Waals surface area contributed by atoms with Gasteiger partial charge in [-0.3, -0.25) is 4.79 Å². The number of carbonyl (C=O) groups excluding carboxylic acids is 2. The highest BCUT2D eigenvalue weighted by molar-refractivity contribution is 7.98. The number of hydrogen-bond donors (Lipinski definition) is 0. The summed E-state index contributed by atoms with van der Waals surface area (Å²) in [4.78, 5) is 27.0. The Morgan fingerprint density at radius 2 is 2.11 bits per heavy atom. The minimum atomic E-state index is -0.517. The van der Waals surface area contributed by atoms with Gasteiger partial charge in [-0.25, -0.2) is 4.79 Å². The van der Waals surface area contributed by atoms with Crippen LogP contribution in [-0.4, -0.2) is 35.6 Å². The van der Waals surface area contributed by atoms with E-state index in [4.69, 9.17) is 9.26 Å². The van der Waals surface area contributed by atoms with Crippen molar-refractivity contribution in [3.8, 4) is 0 Å². The van der Waals surface area contributed by atoms with Crippen LogP contribution in [0.4, 0.5) is 0 Å². The van der Waals surface area contributed by atoms with Crippen LogP contribution < -0.4 is 0 Å². The third kappa shape index (κ3) is 5.46. The summed E-state index contributed by atoms with van der Waals surface area (Å²) in [5, 5.41) is 7.90. The largest absolute Gasteiger partial charge is 0.452 e. The minimum Gasteiger partial charge on any atom is -0.452 e. The van der Waals surface area contributed by atoms with Crippen molar-refractivity contribution in [1.82, 2.24) is 10.1 Å². The van der Waals surface area contributed by atoms with E-state index >= 15 is 0 Å². The standard InChI is InChI=1S/C20H20N2O4S2/c1-14-9-16(21-26-14)13-28-18-6-4-3-5-17(18)20(24)25-11-19(23)22(2)10-15-7-8-27-12-15/h3-9,12H,10-11,13H2,1-2H3. The van der Waals surface area contributed by atoms with Gasteiger partial charge in [0.25, 0.3) is 5.91 Å². The molecule has 0 N–H and O–H groups in total. The van der Waals surface area contributed by atoms with Crippen LogP contribution in [0.5, 0.6) is 0 Å². The number of rotatable bonds is 8. The van der Waals surface area contributed by atoms with Crippen LogP contribution in [0.15, 0.2) is 56.6 Å². The lowest BCUT2D eigenvalue weighted by atomic mass is 10.2. The quantitative estimate of drug-likeness (QED) is 0.406. The summed E-state index contributed by atoms with van der Waals surface area (Å²) in [7, 11) is 1.69. The van der Waals surface area contributed by atoms with Gasteiger partial charge < -0.3 is 14.2 Å². The Hall–Kier alpha value is -2.58. The number of aromatic nitrogens is 1. The van der Waals surface area contributed by atoms with Crippen molar-refractivity contribution in [2.75, 3.05) is 13.7 Å². The van der Waals surface area contributed by atoms with E-state index in [9.17, 15) is 9.59 Å². The first-order chi connectivity index (χ1) is 13.5. The zero-order valence-electron chi connectivity index (χ0n) is 15.6. The molecule has 2 aromatic heterocycles. The van der Waals surface area contributed by atoms with Gasteiger partial charge in [-0.15, -0.1) is 11.8 Å². The molecule has 0 spiro atoms. The van der Waals surface area contributed by atoms with E-state index < -0.39 is 5.97 Å². The predicted octanol–water partition coefficient (Wildman–Crippen LogP) is 4.15. The van der Waals surface area contributed by atoms with Crippen LogP contribution in [0.1, 0.15) is 27.4 Å². The first-order valence-electron chi connectivity index (χ1n) is 8.59. The summed E-state index contributed by atoms with van der Waals surface area (Å²) in [5.74, 6) is 0.553. The van der Waals surface area contributed by atoms with Gasteiger partial charge in [0.15, 0.2) is 6.61 Å². The first-order valence-corrected chi connectivity index (χ1v) is 10.5. The second-order valence-electron chi connectivity index (χ2n) is 6.17. The molecule has 0 bridgehead atoms. The maximum absolute atomic E-state index is 12.5. The zero-order valence-corrected chi connectivity index (χ0v) is 17.2. The van der Waals surface area contributed by atoms with E-state index in [1.807, 2.05) is 41.9 Å². The molecule has 3 aromatic rings. The number of thioether (sulfide) groups is 1. The number of aryl methyl sites for hydroxylation is 1. The molecule has 0 aliphatic carbocycles. The second-order valence-corrected chi connectivity index (χ2v) is 7.97. The van der Waals surface area contributed by atoms with Crippen molar-refractivity contribution in [3.63, 3.8) is 0 Å². The van der Waals surface area contributed by atoms with Crippen LogP contribution >= 0.6 is 23.1 Å². The summed E-state index contributed by atoms with van der Waals surface area (Å²) in [6.45, 7) is 2.03. The van der Waals surface area contributed by atoms with Gasteiger partial charge in [-0.2, -0.15) is 11.3 Å². The molecular formula is C20H20N2O4S2. The Bertz CT molecular complexity index is 937. The fourth-order valence-electron chi connectivity index (χ4n) is 2.46. The molecule has 0 aliphatic rings. The molecule has 0 saturated carbocycles. The van der Waals surface area contributed by atoms with E-state index in [-0.39, 0.29) is 12.5 Å². The van der Waals surface area contributed by atoms with Gasteiger partial charge in [-0.05, 0) is 41.4 Å². The highest BCUT2D eigenvalue weighted by atomic mass is 32.2. The summed E-state index contributed by atoms with van der Waals surface area (Å²) >= 11 is 3.05. The predicted molar refractivity (Wildman–Crippen MR) is 108 cm³/mol. The molecule has 1 amide bonds. The molecule has 3 rings (SSSR count). The van der Waals surface area contributed by atoms with Crippen LogP contribution in [-0.2, 0) is 21.8 Å². The van der Waals surface area contributed by atoms with Crippen molar-refractivity contribution in [1.29, 1.82) is 0 Å². The monoisotopic (exact) mass is 416 g/mol. The smallest absolute Gasteiger partial charge is 0.339 e. The number of carbonyl (C=O) groups is 2. The number of likely N-dealkylation sites (N-methyl/N-ethyl adjacent to an activating group) is 1. The summed E-state index contributed by atoms with van der Waals surface area (Å²) < 4.78 is 10.3. The number of hydrogen-bond acceptors (Lipinski definition) is 7. The number of ether oxygens (including phenoxy) is 1. The van der Waals surface area contributed by atoms with Gasteiger partial charge in [0, 0.05) is 30.3 Å². The fraction of sp³-hybridized carbons (Fsp3) is 0.250. The zero-order chi connectivity index (χ0) is 19.9. The van der Waals surface area contributed by atoms with Gasteiger partial charge >= 0.3 is 5.97 Å². The number of amides is 1. The van der Waals surface area contributed by atoms with Gasteiger partial charge in [0.1, 0.15) is 5.76 Å². The summed E-state index contributed by atoms with van der Waals surface area (Å²) in [6, 6.07) is 11.0. The normalized spacial score (nSPS) is 10.6. The van der Waals surface area contributed by atoms with Gasteiger partial charge in [0.05, 0.1) is 11.3 Å². The van der Waals surface area contributed by atoms with Crippen molar-refractivity contribution < 1.29 is 18.8 Å². The van der Waals surface area contributed by atoms with Crippen molar-refractivity contribution in [2.45, 2.75) is 24.1 Å². The molecule has 1 aromatic carbocycles. The Morgan fingerprint density at radius 3 is 2.82 bits per heavy atom. The number of thiophene rings is 1. The van der Waals surface area contributed by atoms with Gasteiger partial charge in [-0.1, -0.05) is 17.3 Å². The maximum atomic E-state index is 12.5. The molecule has 0 atom stereocenters. The van der Waals surface area contributed by atoms with E-state index in [0.29, 0.717) is 17.9 Å². The average Bonchev–Trinajstić information content (AvgIpc) is 3.36. The Kier molecular flexibility index (Phi) is 6.89. The fourth-order valence-corrected chi connectivity index (χ4v) is 4.04. The number of benzene rings is 1. The average molecular weight is 417 g/mol. The molecular weight excluding hydrogens is 396 g/mol. The molecule has 0 aliphatic heterocycles. The van der Waals surface area contributed by atoms with Gasteiger partial charge in [0.2, 0.25) is 0 Å². The number of esters is 1. The van der Waals surface area contributed by atoms with Crippen LogP contribution in [0.25, 0.3) is 0 Å². The Labute approximate surface area is 171 Å². The maximum Gasteiger partial charge on any atom is 0.339 e. The molecule has 6 nitrogen and oxygen atoms in total. The lowest BCUT2D eigenvalue weighted by molar-refractivity contribution is -0.133. The second kappa shape index (κ2) is 9.57. The molecule has 2 heterocycles. The third-order valence-electron chi connectivity index (χ3n) is 3.91. The highest BCUT2D eigenvalue weighted by Crippen LogP contribution is 2.26. The van der Waals surface area contributed by atoms with Crippen LogP contribution in [0.2, 0.25) is 0 Å². The SMILES string of the molecule is Cc1cc(CSc2ccccc2C(=O)OCC(=O)N(C)Cc2ccsc2)no1. The van der Waals surface area contributed by atoms with Crippen molar-refractivity contribution >= 4 is 35.0 Å². The summed E-state index contributed by atoms with van der Waals surface area (Å²) in [6.07, 6.45) is 0. The molecule has 146 valence electrons. The van der Waals surface area contributed by atoms with Crippen molar-refractivity contribution in [2.24, 2.45) is 0 Å². The number of nitrogens with zero attached hydrogens (tertiary/aromatic N) is 2. The Morgan fingerprint density at radius 1 is 1.29 bits per heavy atom. The van der Waals surface area contributed by atoms with Crippen LogP contribution in [0, 0.1) is 6.92 Å². The topological polar surface area (TPSA) is 72.6 Å². The minimum absolute atomic E-state index is 0.247. The molecule has 0 saturated heterocycles. The molecule has 0 fully saturated rings. The molecule has 8 heteroatoms. The lowest BCUT2D eigenvalue weighted by Gasteiger charge is -2.16. The first kappa shape index (κ1) is 20.2. The molecule has 0 radical (unpaired) electrons. The Balaban J connectivity index is 1.55. The highest BCUT2D eigenvalue weighted by Gasteiger charge is 2.17. The van der Waals surface area contributed by atoms with Crippen molar-refractivity contribution in [3.05, 3.63) is 69.7 Å². The van der Waals surface area contributed by atoms with E-state index in [2.05, 4.69) is 5.16 Å². The molecule has 0 unspecified atom stereocenters. The van der Waals surface area contributed by atoms with E-state index in [0.717, 1.165) is 21.9 Å². The van der Waals surface area contributed by atoms with Crippen LogP contribution in [0.3, 0.4) is 0 Å². The lowest BCUT2D eigenvalue weighted by Crippen LogP contribution is -2.30. The molecule has 28 heavy (non-hydrogen) atoms.